The Balaban J connectivity index is 2.73. The lowest BCUT2D eigenvalue weighted by Crippen LogP contribution is -2.18. The molecule has 1 aromatic heterocycles. The van der Waals surface area contributed by atoms with Gasteiger partial charge in [0.25, 0.3) is 0 Å². The minimum atomic E-state index is 0.0746. The molecule has 13 heavy (non-hydrogen) atoms. The van der Waals surface area contributed by atoms with Crippen molar-refractivity contribution in [1.29, 1.82) is 0 Å². The van der Waals surface area contributed by atoms with Crippen LogP contribution in [0.2, 0.25) is 0 Å². The predicted molar refractivity (Wildman–Crippen MR) is 55.6 cm³/mol. The molecule has 0 fully saturated rings. The van der Waals surface area contributed by atoms with Gasteiger partial charge in [-0.1, -0.05) is 6.07 Å². The lowest BCUT2D eigenvalue weighted by atomic mass is 10.1. The minimum Gasteiger partial charge on any atom is -0.375 e. The number of halogens is 1. The van der Waals surface area contributed by atoms with Gasteiger partial charge in [-0.3, -0.25) is 0 Å². The highest BCUT2D eigenvalue weighted by Crippen LogP contribution is 2.16. The van der Waals surface area contributed by atoms with Crippen LogP contribution in [0, 0.1) is 0 Å². The summed E-state index contributed by atoms with van der Waals surface area (Å²) in [5.74, 6) is 0. The standard InChI is InChI=1S/C9H13BrN2O/c1-11-6-8(13-2)7-3-4-9(10)12-5-7/h3-5,8,11H,6H2,1-2H3. The Bertz CT molecular complexity index is 250. The number of hydrogen-bond acceptors (Lipinski definition) is 3. The number of nitrogens with zero attached hydrogens (tertiary/aromatic N) is 1. The van der Waals surface area contributed by atoms with Gasteiger partial charge in [-0.15, -0.1) is 0 Å². The Morgan fingerprint density at radius 2 is 2.38 bits per heavy atom. The van der Waals surface area contributed by atoms with Gasteiger partial charge in [0.15, 0.2) is 0 Å². The molecular formula is C9H13BrN2O. The van der Waals surface area contributed by atoms with Gasteiger partial charge >= 0.3 is 0 Å². The smallest absolute Gasteiger partial charge is 0.106 e. The number of hydrogen-bond donors (Lipinski definition) is 1. The number of likely N-dealkylation sites (N-methyl/N-ethyl adjacent to an activating group) is 1. The van der Waals surface area contributed by atoms with E-state index in [9.17, 15) is 0 Å². The zero-order valence-corrected chi connectivity index (χ0v) is 9.34. The van der Waals surface area contributed by atoms with Crippen LogP contribution in [0.15, 0.2) is 22.9 Å². The molecule has 1 unspecified atom stereocenters. The second-order valence-electron chi connectivity index (χ2n) is 2.70. The largest absolute Gasteiger partial charge is 0.375 e. The second kappa shape index (κ2) is 5.32. The third-order valence-electron chi connectivity index (χ3n) is 1.80. The zero-order valence-electron chi connectivity index (χ0n) is 7.75. The first kappa shape index (κ1) is 10.6. The Labute approximate surface area is 86.6 Å². The van der Waals surface area contributed by atoms with E-state index in [0.29, 0.717) is 0 Å². The van der Waals surface area contributed by atoms with Crippen molar-refractivity contribution in [2.75, 3.05) is 20.7 Å². The molecule has 0 saturated carbocycles. The number of aromatic nitrogens is 1. The van der Waals surface area contributed by atoms with Crippen molar-refractivity contribution in [2.24, 2.45) is 0 Å². The van der Waals surface area contributed by atoms with Crippen molar-refractivity contribution in [1.82, 2.24) is 10.3 Å². The first-order valence-electron chi connectivity index (χ1n) is 4.06. The van der Waals surface area contributed by atoms with E-state index in [1.54, 1.807) is 7.11 Å². The summed E-state index contributed by atoms with van der Waals surface area (Å²) in [6.07, 6.45) is 1.89. The quantitative estimate of drug-likeness (QED) is 0.820. The molecule has 0 aliphatic rings. The SMILES string of the molecule is CNCC(OC)c1ccc(Br)nc1. The normalized spacial score (nSPS) is 12.8. The molecule has 1 N–H and O–H groups in total. The number of ether oxygens (including phenoxy) is 1. The fourth-order valence-corrected chi connectivity index (χ4v) is 1.33. The molecule has 1 aromatic rings. The molecule has 1 rings (SSSR count). The monoisotopic (exact) mass is 244 g/mol. The van der Waals surface area contributed by atoms with E-state index in [4.69, 9.17) is 4.74 Å². The molecule has 0 bridgehead atoms. The van der Waals surface area contributed by atoms with E-state index in [2.05, 4.69) is 26.2 Å². The van der Waals surface area contributed by atoms with E-state index >= 15 is 0 Å². The highest BCUT2D eigenvalue weighted by Gasteiger charge is 2.08. The van der Waals surface area contributed by atoms with Crippen LogP contribution < -0.4 is 5.32 Å². The highest BCUT2D eigenvalue weighted by atomic mass is 79.9. The van der Waals surface area contributed by atoms with Gasteiger partial charge in [0.1, 0.15) is 4.60 Å². The number of pyridine rings is 1. The van der Waals surface area contributed by atoms with Gasteiger partial charge in [-0.25, -0.2) is 4.98 Å². The van der Waals surface area contributed by atoms with Crippen molar-refractivity contribution in [3.8, 4) is 0 Å². The van der Waals surface area contributed by atoms with Crippen molar-refractivity contribution in [2.45, 2.75) is 6.10 Å². The van der Waals surface area contributed by atoms with E-state index < -0.39 is 0 Å². The Morgan fingerprint density at radius 3 is 2.85 bits per heavy atom. The summed E-state index contributed by atoms with van der Waals surface area (Å²) in [5, 5.41) is 3.07. The van der Waals surface area contributed by atoms with Gasteiger partial charge in [0, 0.05) is 25.4 Å². The average Bonchev–Trinajstić information content (AvgIpc) is 2.16. The average molecular weight is 245 g/mol. The molecule has 0 amide bonds. The van der Waals surface area contributed by atoms with Crippen LogP contribution in [-0.4, -0.2) is 25.7 Å². The van der Waals surface area contributed by atoms with E-state index in [1.165, 1.54) is 0 Å². The molecule has 0 aliphatic heterocycles. The Kier molecular flexibility index (Phi) is 4.35. The molecule has 0 spiro atoms. The number of nitrogens with one attached hydrogen (secondary N) is 1. The van der Waals surface area contributed by atoms with Crippen LogP contribution in [0.4, 0.5) is 0 Å². The third-order valence-corrected chi connectivity index (χ3v) is 2.27. The minimum absolute atomic E-state index is 0.0746. The molecule has 1 heterocycles. The molecule has 72 valence electrons. The van der Waals surface area contributed by atoms with Crippen molar-refractivity contribution < 1.29 is 4.74 Å². The van der Waals surface area contributed by atoms with Gasteiger partial charge in [0.05, 0.1) is 6.10 Å². The maximum absolute atomic E-state index is 5.30. The maximum atomic E-state index is 5.30. The summed E-state index contributed by atoms with van der Waals surface area (Å²) in [7, 11) is 3.60. The molecular weight excluding hydrogens is 232 g/mol. The first-order chi connectivity index (χ1) is 6.27. The van der Waals surface area contributed by atoms with E-state index in [1.807, 2.05) is 25.4 Å². The van der Waals surface area contributed by atoms with Crippen molar-refractivity contribution in [3.05, 3.63) is 28.5 Å². The van der Waals surface area contributed by atoms with E-state index in [-0.39, 0.29) is 6.10 Å². The summed E-state index contributed by atoms with van der Waals surface area (Å²) in [4.78, 5) is 4.14. The fourth-order valence-electron chi connectivity index (χ4n) is 1.10. The molecule has 0 radical (unpaired) electrons. The third kappa shape index (κ3) is 3.06. The molecule has 0 aromatic carbocycles. The Hall–Kier alpha value is -0.450. The molecule has 4 heteroatoms. The summed E-state index contributed by atoms with van der Waals surface area (Å²) < 4.78 is 6.14. The van der Waals surface area contributed by atoms with Crippen LogP contribution in [-0.2, 0) is 4.74 Å². The lowest BCUT2D eigenvalue weighted by molar-refractivity contribution is 0.104. The van der Waals surface area contributed by atoms with E-state index in [0.717, 1.165) is 16.7 Å². The zero-order chi connectivity index (χ0) is 9.68. The van der Waals surface area contributed by atoms with Gasteiger partial charge < -0.3 is 10.1 Å². The van der Waals surface area contributed by atoms with Crippen LogP contribution >= 0.6 is 15.9 Å². The second-order valence-corrected chi connectivity index (χ2v) is 3.51. The van der Waals surface area contributed by atoms with Crippen LogP contribution in [0.25, 0.3) is 0 Å². The molecule has 1 atom stereocenters. The first-order valence-corrected chi connectivity index (χ1v) is 4.86. The van der Waals surface area contributed by atoms with Crippen molar-refractivity contribution >= 4 is 15.9 Å². The molecule has 0 aliphatic carbocycles. The van der Waals surface area contributed by atoms with Gasteiger partial charge in [-0.05, 0) is 29.0 Å². The van der Waals surface area contributed by atoms with Crippen LogP contribution in [0.1, 0.15) is 11.7 Å². The summed E-state index contributed by atoms with van der Waals surface area (Å²) in [6.45, 7) is 0.791. The van der Waals surface area contributed by atoms with Crippen molar-refractivity contribution in [3.63, 3.8) is 0 Å². The molecule has 3 nitrogen and oxygen atoms in total. The summed E-state index contributed by atoms with van der Waals surface area (Å²) in [5.41, 5.74) is 1.08. The topological polar surface area (TPSA) is 34.1 Å². The summed E-state index contributed by atoms with van der Waals surface area (Å²) >= 11 is 3.29. The molecule has 0 saturated heterocycles. The number of rotatable bonds is 4. The predicted octanol–water partition coefficient (Wildman–Crippen LogP) is 1.75. The highest BCUT2D eigenvalue weighted by molar-refractivity contribution is 9.10. The fraction of sp³-hybridized carbons (Fsp3) is 0.444. The number of methoxy groups -OCH3 is 1. The van der Waals surface area contributed by atoms with Crippen LogP contribution in [0.3, 0.4) is 0 Å². The Morgan fingerprint density at radius 1 is 1.62 bits per heavy atom. The van der Waals surface area contributed by atoms with Gasteiger partial charge in [0.2, 0.25) is 0 Å². The maximum Gasteiger partial charge on any atom is 0.106 e. The van der Waals surface area contributed by atoms with Gasteiger partial charge in [-0.2, -0.15) is 0 Å². The van der Waals surface area contributed by atoms with Crippen LogP contribution in [0.5, 0.6) is 0 Å². The summed E-state index contributed by atoms with van der Waals surface area (Å²) in [6, 6.07) is 3.92. The lowest BCUT2D eigenvalue weighted by Gasteiger charge is -2.14.